The van der Waals surface area contributed by atoms with Gasteiger partial charge in [-0.3, -0.25) is 0 Å². The molecule has 4 heteroatoms. The summed E-state index contributed by atoms with van der Waals surface area (Å²) in [6.07, 6.45) is 0. The Kier molecular flexibility index (Phi) is 4.47. The number of rotatable bonds is 4. The Bertz CT molecular complexity index is 871. The SMILES string of the molecule is Cc1cccc(Nc2nc(C)cc(Nc3cccc(C)c3C)n2)c1. The van der Waals surface area contributed by atoms with E-state index in [9.17, 15) is 0 Å². The summed E-state index contributed by atoms with van der Waals surface area (Å²) in [6.45, 7) is 8.25. The number of aromatic nitrogens is 2. The average Bonchev–Trinajstić information content (AvgIpc) is 2.51. The highest BCUT2D eigenvalue weighted by Gasteiger charge is 2.06. The maximum absolute atomic E-state index is 4.59. The second-order valence-electron chi connectivity index (χ2n) is 6.09. The zero-order valence-electron chi connectivity index (χ0n) is 14.5. The molecule has 0 bridgehead atoms. The Labute approximate surface area is 143 Å². The zero-order chi connectivity index (χ0) is 17.1. The van der Waals surface area contributed by atoms with Gasteiger partial charge in [0.1, 0.15) is 5.82 Å². The van der Waals surface area contributed by atoms with Gasteiger partial charge in [-0.1, -0.05) is 24.3 Å². The number of anilines is 4. The Morgan fingerprint density at radius 3 is 2.38 bits per heavy atom. The molecule has 0 radical (unpaired) electrons. The molecule has 0 amide bonds. The zero-order valence-corrected chi connectivity index (χ0v) is 14.5. The van der Waals surface area contributed by atoms with Gasteiger partial charge in [0.2, 0.25) is 5.95 Å². The molecule has 122 valence electrons. The lowest BCUT2D eigenvalue weighted by Crippen LogP contribution is -2.03. The third-order valence-electron chi connectivity index (χ3n) is 4.00. The van der Waals surface area contributed by atoms with Crippen LogP contribution in [-0.4, -0.2) is 9.97 Å². The van der Waals surface area contributed by atoms with Crippen LogP contribution < -0.4 is 10.6 Å². The van der Waals surface area contributed by atoms with E-state index < -0.39 is 0 Å². The fourth-order valence-electron chi connectivity index (χ4n) is 2.56. The van der Waals surface area contributed by atoms with Crippen LogP contribution in [0.25, 0.3) is 0 Å². The minimum absolute atomic E-state index is 0.591. The summed E-state index contributed by atoms with van der Waals surface area (Å²) in [6, 6.07) is 16.3. The predicted molar refractivity (Wildman–Crippen MR) is 100 cm³/mol. The lowest BCUT2D eigenvalue weighted by atomic mass is 10.1. The van der Waals surface area contributed by atoms with Crippen molar-refractivity contribution in [3.63, 3.8) is 0 Å². The molecule has 24 heavy (non-hydrogen) atoms. The first-order valence-electron chi connectivity index (χ1n) is 8.04. The molecule has 0 atom stereocenters. The van der Waals surface area contributed by atoms with Crippen molar-refractivity contribution in [2.24, 2.45) is 0 Å². The molecule has 0 saturated heterocycles. The van der Waals surface area contributed by atoms with Crippen LogP contribution in [-0.2, 0) is 0 Å². The van der Waals surface area contributed by atoms with E-state index in [1.807, 2.05) is 31.2 Å². The van der Waals surface area contributed by atoms with Crippen molar-refractivity contribution in [2.75, 3.05) is 10.6 Å². The normalized spacial score (nSPS) is 10.5. The van der Waals surface area contributed by atoms with Crippen molar-refractivity contribution in [1.82, 2.24) is 9.97 Å². The largest absolute Gasteiger partial charge is 0.340 e. The van der Waals surface area contributed by atoms with Crippen LogP contribution in [0.3, 0.4) is 0 Å². The number of aryl methyl sites for hydroxylation is 3. The number of nitrogens with one attached hydrogen (secondary N) is 2. The second kappa shape index (κ2) is 6.71. The predicted octanol–water partition coefficient (Wildman–Crippen LogP) is 5.20. The van der Waals surface area contributed by atoms with Crippen LogP contribution in [0, 0.1) is 27.7 Å². The topological polar surface area (TPSA) is 49.8 Å². The highest BCUT2D eigenvalue weighted by atomic mass is 15.1. The highest BCUT2D eigenvalue weighted by Crippen LogP contribution is 2.23. The molecule has 2 N–H and O–H groups in total. The first kappa shape index (κ1) is 16.0. The fraction of sp³-hybridized carbons (Fsp3) is 0.200. The van der Waals surface area contributed by atoms with Gasteiger partial charge in [-0.15, -0.1) is 0 Å². The summed E-state index contributed by atoms with van der Waals surface area (Å²) in [7, 11) is 0. The molecule has 0 spiro atoms. The summed E-state index contributed by atoms with van der Waals surface area (Å²) >= 11 is 0. The summed E-state index contributed by atoms with van der Waals surface area (Å²) in [5.74, 6) is 1.37. The minimum atomic E-state index is 0.591. The molecule has 0 aliphatic carbocycles. The number of benzene rings is 2. The molecular weight excluding hydrogens is 296 g/mol. The molecule has 3 aromatic rings. The van der Waals surface area contributed by atoms with Crippen LogP contribution in [0.15, 0.2) is 48.5 Å². The monoisotopic (exact) mass is 318 g/mol. The van der Waals surface area contributed by atoms with Crippen LogP contribution in [0.4, 0.5) is 23.1 Å². The van der Waals surface area contributed by atoms with E-state index in [1.54, 1.807) is 0 Å². The first-order chi connectivity index (χ1) is 11.5. The smallest absolute Gasteiger partial charge is 0.229 e. The Balaban J connectivity index is 1.87. The molecule has 0 aliphatic rings. The quantitative estimate of drug-likeness (QED) is 0.694. The Morgan fingerprint density at radius 1 is 0.792 bits per heavy atom. The third kappa shape index (κ3) is 3.71. The molecule has 4 nitrogen and oxygen atoms in total. The van der Waals surface area contributed by atoms with E-state index in [4.69, 9.17) is 0 Å². The van der Waals surface area contributed by atoms with Gasteiger partial charge < -0.3 is 10.6 Å². The number of nitrogens with zero attached hydrogens (tertiary/aromatic N) is 2. The average molecular weight is 318 g/mol. The minimum Gasteiger partial charge on any atom is -0.340 e. The Hall–Kier alpha value is -2.88. The van der Waals surface area contributed by atoms with Gasteiger partial charge in [-0.05, 0) is 62.6 Å². The molecule has 2 aromatic carbocycles. The molecule has 1 heterocycles. The highest BCUT2D eigenvalue weighted by molar-refractivity contribution is 5.64. The summed E-state index contributed by atoms with van der Waals surface area (Å²) in [5.41, 5.74) is 6.63. The van der Waals surface area contributed by atoms with Crippen molar-refractivity contribution in [1.29, 1.82) is 0 Å². The van der Waals surface area contributed by atoms with Gasteiger partial charge in [0.05, 0.1) is 0 Å². The van der Waals surface area contributed by atoms with Gasteiger partial charge in [0.15, 0.2) is 0 Å². The van der Waals surface area contributed by atoms with E-state index in [2.05, 4.69) is 65.6 Å². The molecular formula is C20H22N4. The van der Waals surface area contributed by atoms with Crippen molar-refractivity contribution in [2.45, 2.75) is 27.7 Å². The fourth-order valence-corrected chi connectivity index (χ4v) is 2.56. The maximum Gasteiger partial charge on any atom is 0.229 e. The van der Waals surface area contributed by atoms with E-state index in [0.717, 1.165) is 22.9 Å². The van der Waals surface area contributed by atoms with Gasteiger partial charge in [0.25, 0.3) is 0 Å². The van der Waals surface area contributed by atoms with E-state index in [0.29, 0.717) is 5.95 Å². The lowest BCUT2D eigenvalue weighted by Gasteiger charge is -2.13. The molecule has 0 aliphatic heterocycles. The van der Waals surface area contributed by atoms with Gasteiger partial charge >= 0.3 is 0 Å². The van der Waals surface area contributed by atoms with Gasteiger partial charge in [0, 0.05) is 23.1 Å². The van der Waals surface area contributed by atoms with Crippen LogP contribution in [0.1, 0.15) is 22.4 Å². The van der Waals surface area contributed by atoms with Gasteiger partial charge in [-0.2, -0.15) is 4.98 Å². The van der Waals surface area contributed by atoms with Gasteiger partial charge in [-0.25, -0.2) is 4.98 Å². The molecule has 0 saturated carbocycles. The van der Waals surface area contributed by atoms with Crippen molar-refractivity contribution in [3.05, 3.63) is 70.9 Å². The summed E-state index contributed by atoms with van der Waals surface area (Å²) in [4.78, 5) is 9.07. The molecule has 1 aromatic heterocycles. The third-order valence-corrected chi connectivity index (χ3v) is 4.00. The summed E-state index contributed by atoms with van der Waals surface area (Å²) in [5, 5.41) is 6.68. The second-order valence-corrected chi connectivity index (χ2v) is 6.09. The van der Waals surface area contributed by atoms with Crippen LogP contribution >= 0.6 is 0 Å². The standard InChI is InChI=1S/C20H22N4/c1-13-7-5-9-17(11-13)22-20-21-15(3)12-19(24-20)23-18-10-6-8-14(2)16(18)4/h5-12H,1-4H3,(H2,21,22,23,24). The molecule has 3 rings (SSSR count). The Morgan fingerprint density at radius 2 is 1.58 bits per heavy atom. The van der Waals surface area contributed by atoms with E-state index in [1.165, 1.54) is 16.7 Å². The molecule has 0 fully saturated rings. The maximum atomic E-state index is 4.59. The van der Waals surface area contributed by atoms with Crippen LogP contribution in [0.2, 0.25) is 0 Å². The van der Waals surface area contributed by atoms with Crippen molar-refractivity contribution in [3.8, 4) is 0 Å². The summed E-state index contributed by atoms with van der Waals surface area (Å²) < 4.78 is 0. The number of hydrogen-bond donors (Lipinski definition) is 2. The van der Waals surface area contributed by atoms with Crippen molar-refractivity contribution >= 4 is 23.1 Å². The van der Waals surface area contributed by atoms with Crippen LogP contribution in [0.5, 0.6) is 0 Å². The number of hydrogen-bond acceptors (Lipinski definition) is 4. The van der Waals surface area contributed by atoms with Crippen molar-refractivity contribution < 1.29 is 0 Å². The van der Waals surface area contributed by atoms with E-state index >= 15 is 0 Å². The first-order valence-corrected chi connectivity index (χ1v) is 8.04. The molecule has 0 unspecified atom stereocenters. The lowest BCUT2D eigenvalue weighted by molar-refractivity contribution is 1.11. The van der Waals surface area contributed by atoms with E-state index in [-0.39, 0.29) is 0 Å².